The van der Waals surface area contributed by atoms with Gasteiger partial charge in [0.25, 0.3) is 0 Å². The molecule has 0 aromatic heterocycles. The Bertz CT molecular complexity index is 268. The van der Waals surface area contributed by atoms with Gasteiger partial charge in [0.15, 0.2) is 0 Å². The van der Waals surface area contributed by atoms with E-state index in [0.29, 0.717) is 4.90 Å². The van der Waals surface area contributed by atoms with Crippen LogP contribution in [0.5, 0.6) is 0 Å². The second-order valence-corrected chi connectivity index (χ2v) is 1.94. The first-order valence-electron chi connectivity index (χ1n) is 2.79. The highest BCUT2D eigenvalue weighted by molar-refractivity contribution is 6.37. The predicted molar refractivity (Wildman–Crippen MR) is 32.8 cm³/mol. The molecule has 5 nitrogen and oxygen atoms in total. The highest BCUT2D eigenvalue weighted by atomic mass is 16.6. The summed E-state index contributed by atoms with van der Waals surface area (Å²) in [6.45, 7) is 4.34. The summed E-state index contributed by atoms with van der Waals surface area (Å²) in [7, 11) is 0. The first-order chi connectivity index (χ1) is 5.04. The Morgan fingerprint density at radius 2 is 2.09 bits per heavy atom. The molecule has 0 atom stereocenters. The van der Waals surface area contributed by atoms with Crippen molar-refractivity contribution in [1.82, 2.24) is 4.90 Å². The average molecular weight is 155 g/mol. The molecule has 0 unspecified atom stereocenters. The van der Waals surface area contributed by atoms with E-state index in [0.717, 1.165) is 6.92 Å². The molecule has 0 N–H and O–H groups in total. The number of amides is 2. The number of nitrogens with zero attached hydrogens (tertiary/aromatic N) is 1. The van der Waals surface area contributed by atoms with Gasteiger partial charge in [0.05, 0.1) is 0 Å². The van der Waals surface area contributed by atoms with Gasteiger partial charge >= 0.3 is 11.9 Å². The lowest BCUT2D eigenvalue weighted by Crippen LogP contribution is -2.30. The Labute approximate surface area is 62.2 Å². The third-order valence-electron chi connectivity index (χ3n) is 1.15. The van der Waals surface area contributed by atoms with Crippen molar-refractivity contribution in [3.05, 3.63) is 12.5 Å². The van der Waals surface area contributed by atoms with Gasteiger partial charge in [-0.1, -0.05) is 0 Å². The Kier molecular flexibility index (Phi) is 1.48. The lowest BCUT2D eigenvalue weighted by atomic mass is 10.5. The number of hydrogen-bond acceptors (Lipinski definition) is 4. The SMILES string of the molecule is C=C1OC(=O)C(=O)N1C(C)=O. The zero-order valence-corrected chi connectivity index (χ0v) is 5.79. The fourth-order valence-electron chi connectivity index (χ4n) is 0.719. The van der Waals surface area contributed by atoms with E-state index < -0.39 is 17.8 Å². The Balaban J connectivity index is 2.98. The second kappa shape index (κ2) is 2.19. The molecule has 11 heavy (non-hydrogen) atoms. The lowest BCUT2D eigenvalue weighted by Gasteiger charge is -2.05. The summed E-state index contributed by atoms with van der Waals surface area (Å²) >= 11 is 0. The van der Waals surface area contributed by atoms with Crippen molar-refractivity contribution in [2.75, 3.05) is 0 Å². The molecule has 1 saturated heterocycles. The summed E-state index contributed by atoms with van der Waals surface area (Å²) in [5.74, 6) is -2.86. The Morgan fingerprint density at radius 1 is 1.55 bits per heavy atom. The van der Waals surface area contributed by atoms with E-state index in [1.165, 1.54) is 0 Å². The molecule has 2 amide bonds. The average Bonchev–Trinajstić information content (AvgIpc) is 2.07. The minimum Gasteiger partial charge on any atom is -0.402 e. The van der Waals surface area contributed by atoms with Gasteiger partial charge in [0.1, 0.15) is 0 Å². The molecule has 1 rings (SSSR count). The lowest BCUT2D eigenvalue weighted by molar-refractivity contribution is -0.149. The Morgan fingerprint density at radius 3 is 2.27 bits per heavy atom. The largest absolute Gasteiger partial charge is 0.404 e. The van der Waals surface area contributed by atoms with E-state index in [4.69, 9.17) is 0 Å². The fraction of sp³-hybridized carbons (Fsp3) is 0.167. The van der Waals surface area contributed by atoms with Crippen molar-refractivity contribution in [3.63, 3.8) is 0 Å². The van der Waals surface area contributed by atoms with Crippen LogP contribution in [-0.4, -0.2) is 22.7 Å². The summed E-state index contributed by atoms with van der Waals surface area (Å²) in [5, 5.41) is 0. The van der Waals surface area contributed by atoms with Crippen LogP contribution in [0.2, 0.25) is 0 Å². The highest BCUT2D eigenvalue weighted by Crippen LogP contribution is 2.13. The zero-order valence-electron chi connectivity index (χ0n) is 5.79. The number of carbonyl (C=O) groups is 3. The molecule has 1 heterocycles. The van der Waals surface area contributed by atoms with Crippen LogP contribution in [0.1, 0.15) is 6.92 Å². The fourth-order valence-corrected chi connectivity index (χ4v) is 0.719. The van der Waals surface area contributed by atoms with Crippen molar-refractivity contribution in [2.45, 2.75) is 6.92 Å². The molecule has 0 spiro atoms. The standard InChI is InChI=1S/C6H5NO4/c1-3(8)7-4(2)11-6(10)5(7)9/h2H2,1H3. The number of carbonyl (C=O) groups excluding carboxylic acids is 3. The maximum atomic E-state index is 10.7. The minimum atomic E-state index is -1.06. The molecule has 0 saturated carbocycles. The first-order valence-corrected chi connectivity index (χ1v) is 2.79. The van der Waals surface area contributed by atoms with Gasteiger partial charge in [-0.25, -0.2) is 9.69 Å². The van der Waals surface area contributed by atoms with Crippen LogP contribution in [0, 0.1) is 0 Å². The van der Waals surface area contributed by atoms with Crippen LogP contribution in [0.4, 0.5) is 0 Å². The molecule has 0 aliphatic carbocycles. The van der Waals surface area contributed by atoms with Crippen LogP contribution in [-0.2, 0) is 19.1 Å². The van der Waals surface area contributed by atoms with Crippen molar-refractivity contribution in [3.8, 4) is 0 Å². The number of esters is 1. The Hall–Kier alpha value is -1.65. The minimum absolute atomic E-state index is 0.229. The molecule has 5 heteroatoms. The third-order valence-corrected chi connectivity index (χ3v) is 1.15. The highest BCUT2D eigenvalue weighted by Gasteiger charge is 2.38. The van der Waals surface area contributed by atoms with Crippen LogP contribution in [0.3, 0.4) is 0 Å². The van der Waals surface area contributed by atoms with E-state index in [9.17, 15) is 14.4 Å². The van der Waals surface area contributed by atoms with Gasteiger partial charge in [-0.2, -0.15) is 0 Å². The normalized spacial score (nSPS) is 17.2. The summed E-state index contributed by atoms with van der Waals surface area (Å²) < 4.78 is 4.27. The molecule has 1 fully saturated rings. The number of imide groups is 1. The summed E-state index contributed by atoms with van der Waals surface area (Å²) in [6, 6.07) is 0. The smallest absolute Gasteiger partial charge is 0.402 e. The molecule has 0 aromatic carbocycles. The number of rotatable bonds is 0. The van der Waals surface area contributed by atoms with Gasteiger partial charge in [0.2, 0.25) is 11.8 Å². The van der Waals surface area contributed by atoms with Crippen LogP contribution >= 0.6 is 0 Å². The topological polar surface area (TPSA) is 63.7 Å². The molecule has 0 bridgehead atoms. The van der Waals surface area contributed by atoms with Gasteiger partial charge in [-0.3, -0.25) is 9.59 Å². The maximum Gasteiger partial charge on any atom is 0.404 e. The van der Waals surface area contributed by atoms with Crippen molar-refractivity contribution in [2.24, 2.45) is 0 Å². The maximum absolute atomic E-state index is 10.7. The second-order valence-electron chi connectivity index (χ2n) is 1.94. The number of ether oxygens (including phenoxy) is 1. The molecular weight excluding hydrogens is 150 g/mol. The van der Waals surface area contributed by atoms with Gasteiger partial charge in [-0.15, -0.1) is 0 Å². The molecule has 1 aliphatic heterocycles. The molecule has 58 valence electrons. The van der Waals surface area contributed by atoms with Gasteiger partial charge in [-0.05, 0) is 6.58 Å². The predicted octanol–water partition coefficient (Wildman–Crippen LogP) is -0.611. The molecule has 0 aromatic rings. The van der Waals surface area contributed by atoms with Gasteiger partial charge < -0.3 is 4.74 Å². The van der Waals surface area contributed by atoms with Crippen molar-refractivity contribution in [1.29, 1.82) is 0 Å². The number of cyclic esters (lactones) is 1. The van der Waals surface area contributed by atoms with E-state index in [1.54, 1.807) is 0 Å². The summed E-state index contributed by atoms with van der Waals surface area (Å²) in [6.07, 6.45) is 0. The molecule has 1 aliphatic rings. The van der Waals surface area contributed by atoms with Crippen molar-refractivity contribution < 1.29 is 19.1 Å². The van der Waals surface area contributed by atoms with E-state index in [1.807, 2.05) is 0 Å². The van der Waals surface area contributed by atoms with E-state index >= 15 is 0 Å². The zero-order chi connectivity index (χ0) is 8.59. The number of hydrogen-bond donors (Lipinski definition) is 0. The van der Waals surface area contributed by atoms with E-state index in [2.05, 4.69) is 11.3 Å². The monoisotopic (exact) mass is 155 g/mol. The van der Waals surface area contributed by atoms with Gasteiger partial charge in [0, 0.05) is 6.92 Å². The molecule has 0 radical (unpaired) electrons. The van der Waals surface area contributed by atoms with Crippen LogP contribution < -0.4 is 0 Å². The van der Waals surface area contributed by atoms with Crippen LogP contribution in [0.25, 0.3) is 0 Å². The quantitative estimate of drug-likeness (QED) is 0.345. The summed E-state index contributed by atoms with van der Waals surface area (Å²) in [5.41, 5.74) is 0. The van der Waals surface area contributed by atoms with Crippen LogP contribution in [0.15, 0.2) is 12.5 Å². The summed E-state index contributed by atoms with van der Waals surface area (Å²) in [4.78, 5) is 32.4. The van der Waals surface area contributed by atoms with Crippen molar-refractivity contribution >= 4 is 17.8 Å². The van der Waals surface area contributed by atoms with E-state index in [-0.39, 0.29) is 5.88 Å². The molecular formula is C6H5NO4. The first kappa shape index (κ1) is 7.46. The third kappa shape index (κ3) is 1.000.